The van der Waals surface area contributed by atoms with Crippen LogP contribution in [0.25, 0.3) is 0 Å². The Morgan fingerprint density at radius 3 is 2.47 bits per heavy atom. The number of hydrogen-bond donors (Lipinski definition) is 4. The molecule has 2 rings (SSSR count). The summed E-state index contributed by atoms with van der Waals surface area (Å²) < 4.78 is 23.4. The zero-order valence-corrected chi connectivity index (χ0v) is 9.89. The summed E-state index contributed by atoms with van der Waals surface area (Å²) in [4.78, 5) is 0. The van der Waals surface area contributed by atoms with Crippen molar-refractivity contribution in [1.82, 2.24) is 0 Å². The van der Waals surface area contributed by atoms with Gasteiger partial charge in [-0.05, 0) is 12.1 Å². The van der Waals surface area contributed by atoms with E-state index in [0.29, 0.717) is 0 Å². The molecule has 6 nitrogen and oxygen atoms in total. The van der Waals surface area contributed by atoms with Crippen molar-refractivity contribution in [2.45, 2.75) is 30.7 Å². The second-order valence-corrected chi connectivity index (χ2v) is 4.24. The first kappa shape index (κ1) is 14.2. The maximum absolute atomic E-state index is 13.4. The number of aliphatic hydroxyl groups excluding tert-OH is 4. The molecule has 0 saturated carbocycles. The minimum Gasteiger partial charge on any atom is -0.479 e. The van der Waals surface area contributed by atoms with Crippen LogP contribution in [-0.2, 0) is 4.74 Å². The maximum atomic E-state index is 13.4. The first-order valence-electron chi connectivity index (χ1n) is 5.76. The van der Waals surface area contributed by atoms with Crippen LogP contribution >= 0.6 is 0 Å². The summed E-state index contributed by atoms with van der Waals surface area (Å²) >= 11 is 0. The van der Waals surface area contributed by atoms with Gasteiger partial charge in [-0.1, -0.05) is 12.1 Å². The second-order valence-electron chi connectivity index (χ2n) is 4.24. The molecule has 1 saturated heterocycles. The Balaban J connectivity index is 2.14. The molecule has 106 valence electrons. The van der Waals surface area contributed by atoms with Crippen LogP contribution in [-0.4, -0.2) is 57.7 Å². The highest BCUT2D eigenvalue weighted by Crippen LogP contribution is 2.25. The molecule has 1 fully saturated rings. The molecule has 0 radical (unpaired) electrons. The third-order valence-electron chi connectivity index (χ3n) is 2.94. The van der Waals surface area contributed by atoms with E-state index in [1.807, 2.05) is 0 Å². The lowest BCUT2D eigenvalue weighted by atomic mass is 9.99. The molecule has 0 aromatic heterocycles. The van der Waals surface area contributed by atoms with Gasteiger partial charge in [-0.15, -0.1) is 0 Å². The number of para-hydroxylation sites is 1. The van der Waals surface area contributed by atoms with Crippen molar-refractivity contribution in [2.75, 3.05) is 6.61 Å². The van der Waals surface area contributed by atoms with Gasteiger partial charge >= 0.3 is 0 Å². The Morgan fingerprint density at radius 2 is 1.84 bits per heavy atom. The van der Waals surface area contributed by atoms with Crippen molar-refractivity contribution in [3.8, 4) is 5.75 Å². The summed E-state index contributed by atoms with van der Waals surface area (Å²) in [6.07, 6.45) is -7.01. The Labute approximate surface area is 108 Å². The number of aliphatic hydroxyl groups is 4. The van der Waals surface area contributed by atoms with Gasteiger partial charge in [0, 0.05) is 0 Å². The van der Waals surface area contributed by atoms with Crippen molar-refractivity contribution in [3.05, 3.63) is 30.1 Å². The first-order valence-corrected chi connectivity index (χ1v) is 5.76. The monoisotopic (exact) mass is 274 g/mol. The fourth-order valence-electron chi connectivity index (χ4n) is 1.89. The molecule has 1 aromatic carbocycles. The molecule has 1 aromatic rings. The lowest BCUT2D eigenvalue weighted by Crippen LogP contribution is -2.60. The third-order valence-corrected chi connectivity index (χ3v) is 2.94. The summed E-state index contributed by atoms with van der Waals surface area (Å²) in [7, 11) is 0. The highest BCUT2D eigenvalue weighted by atomic mass is 19.1. The normalized spacial score (nSPS) is 35.1. The van der Waals surface area contributed by atoms with Gasteiger partial charge < -0.3 is 29.9 Å². The second kappa shape index (κ2) is 5.81. The standard InChI is InChI=1S/C12H15FO6/c13-6-3-1-2-4-7(6)18-11-10(16)9(15)8(5-14)19-12(11)17/h1-4,8-12,14-17H,5H2/t8-,9-,10+,11-,12-/m1/s1. The number of benzene rings is 1. The van der Waals surface area contributed by atoms with Gasteiger partial charge in [0.05, 0.1) is 6.61 Å². The SMILES string of the molecule is OC[C@H]1O[C@@H](O)[C@H](Oc2ccccc2F)[C@@H](O)[C@@H]1O. The van der Waals surface area contributed by atoms with E-state index in [1.165, 1.54) is 18.2 Å². The lowest BCUT2D eigenvalue weighted by Gasteiger charge is -2.39. The van der Waals surface area contributed by atoms with Crippen LogP contribution in [0.2, 0.25) is 0 Å². The van der Waals surface area contributed by atoms with Crippen molar-refractivity contribution >= 4 is 0 Å². The average molecular weight is 274 g/mol. The van der Waals surface area contributed by atoms with Gasteiger partial charge in [-0.3, -0.25) is 0 Å². The molecule has 1 aliphatic rings. The number of rotatable bonds is 3. The van der Waals surface area contributed by atoms with Crippen LogP contribution in [0.15, 0.2) is 24.3 Å². The predicted molar refractivity (Wildman–Crippen MR) is 60.8 cm³/mol. The van der Waals surface area contributed by atoms with Crippen molar-refractivity contribution in [1.29, 1.82) is 0 Å². The summed E-state index contributed by atoms with van der Waals surface area (Å²) in [5.74, 6) is -0.843. The molecule has 7 heteroatoms. The van der Waals surface area contributed by atoms with E-state index in [1.54, 1.807) is 0 Å². The molecule has 0 unspecified atom stereocenters. The zero-order valence-electron chi connectivity index (χ0n) is 9.89. The molecular formula is C12H15FO6. The molecule has 19 heavy (non-hydrogen) atoms. The number of halogens is 1. The molecule has 4 N–H and O–H groups in total. The molecule has 0 bridgehead atoms. The molecule has 0 spiro atoms. The fraction of sp³-hybridized carbons (Fsp3) is 0.500. The molecular weight excluding hydrogens is 259 g/mol. The van der Waals surface area contributed by atoms with Crippen molar-refractivity contribution in [3.63, 3.8) is 0 Å². The van der Waals surface area contributed by atoms with Crippen LogP contribution in [0.1, 0.15) is 0 Å². The van der Waals surface area contributed by atoms with Gasteiger partial charge in [0.2, 0.25) is 0 Å². The highest BCUT2D eigenvalue weighted by Gasteiger charge is 2.45. The van der Waals surface area contributed by atoms with E-state index < -0.39 is 43.1 Å². The van der Waals surface area contributed by atoms with Gasteiger partial charge in [0.25, 0.3) is 0 Å². The summed E-state index contributed by atoms with van der Waals surface area (Å²) in [6, 6.07) is 5.46. The van der Waals surface area contributed by atoms with E-state index >= 15 is 0 Å². The predicted octanol–water partition coefficient (Wildman–Crippen LogP) is -0.996. The van der Waals surface area contributed by atoms with Crippen molar-refractivity contribution < 1.29 is 34.3 Å². The van der Waals surface area contributed by atoms with Crippen LogP contribution < -0.4 is 4.74 Å². The summed E-state index contributed by atoms with van der Waals surface area (Å²) in [5, 5.41) is 38.0. The fourth-order valence-corrected chi connectivity index (χ4v) is 1.89. The number of hydrogen-bond acceptors (Lipinski definition) is 6. The minimum atomic E-state index is -1.59. The Kier molecular flexibility index (Phi) is 4.33. The molecule has 1 aliphatic heterocycles. The van der Waals surface area contributed by atoms with Crippen LogP contribution in [0.5, 0.6) is 5.75 Å². The van der Waals surface area contributed by atoms with Crippen LogP contribution in [0.4, 0.5) is 4.39 Å². The van der Waals surface area contributed by atoms with Crippen LogP contribution in [0.3, 0.4) is 0 Å². The van der Waals surface area contributed by atoms with Gasteiger partial charge in [-0.25, -0.2) is 4.39 Å². The minimum absolute atomic E-state index is 0.177. The Morgan fingerprint density at radius 1 is 1.16 bits per heavy atom. The molecule has 5 atom stereocenters. The smallest absolute Gasteiger partial charge is 0.195 e. The topological polar surface area (TPSA) is 99.4 Å². The largest absolute Gasteiger partial charge is 0.479 e. The first-order chi connectivity index (χ1) is 9.04. The van der Waals surface area contributed by atoms with Crippen LogP contribution in [0, 0.1) is 5.82 Å². The summed E-state index contributed by atoms with van der Waals surface area (Å²) in [5.41, 5.74) is 0. The average Bonchev–Trinajstić information content (AvgIpc) is 2.41. The summed E-state index contributed by atoms with van der Waals surface area (Å²) in [6.45, 7) is -0.568. The highest BCUT2D eigenvalue weighted by molar-refractivity contribution is 5.24. The van der Waals surface area contributed by atoms with E-state index in [9.17, 15) is 19.7 Å². The maximum Gasteiger partial charge on any atom is 0.195 e. The molecule has 1 heterocycles. The van der Waals surface area contributed by atoms with Gasteiger partial charge in [0.1, 0.15) is 18.3 Å². The number of ether oxygens (including phenoxy) is 2. The quantitative estimate of drug-likeness (QED) is 0.564. The van der Waals surface area contributed by atoms with E-state index in [0.717, 1.165) is 6.07 Å². The van der Waals surface area contributed by atoms with Gasteiger partial charge in [0.15, 0.2) is 24.0 Å². The van der Waals surface area contributed by atoms with E-state index in [2.05, 4.69) is 0 Å². The lowest BCUT2D eigenvalue weighted by molar-refractivity contribution is -0.280. The third kappa shape index (κ3) is 2.85. The van der Waals surface area contributed by atoms with E-state index in [-0.39, 0.29) is 5.75 Å². The van der Waals surface area contributed by atoms with Crippen molar-refractivity contribution in [2.24, 2.45) is 0 Å². The zero-order chi connectivity index (χ0) is 14.0. The van der Waals surface area contributed by atoms with Gasteiger partial charge in [-0.2, -0.15) is 0 Å². The molecule has 0 aliphatic carbocycles. The van der Waals surface area contributed by atoms with E-state index in [4.69, 9.17) is 14.6 Å². The Bertz CT molecular complexity index is 428. The molecule has 0 amide bonds. The Hall–Kier alpha value is -1.25.